The molecular weight excluding hydrogens is 312 g/mol. The number of anilines is 1. The molecule has 0 saturated carbocycles. The van der Waals surface area contributed by atoms with Crippen molar-refractivity contribution in [1.82, 2.24) is 14.6 Å². The minimum atomic E-state index is -3.14. The number of nitrogens with one attached hydrogen (secondary N) is 1. The lowest BCUT2D eigenvalue weighted by molar-refractivity contribution is 0.597. The van der Waals surface area contributed by atoms with Crippen molar-refractivity contribution in [1.29, 1.82) is 0 Å². The average Bonchev–Trinajstić information content (AvgIpc) is 2.99. The van der Waals surface area contributed by atoms with Gasteiger partial charge in [0.2, 0.25) is 0 Å². The Bertz CT molecular complexity index is 901. The second-order valence-electron chi connectivity index (χ2n) is 5.15. The molecule has 0 atom stereocenters. The Labute approximate surface area is 135 Å². The van der Waals surface area contributed by atoms with Gasteiger partial charge in [-0.15, -0.1) is 10.2 Å². The van der Waals surface area contributed by atoms with Gasteiger partial charge in [-0.1, -0.05) is 13.0 Å². The molecule has 2 heterocycles. The first kappa shape index (κ1) is 15.5. The molecule has 0 aliphatic heterocycles. The quantitative estimate of drug-likeness (QED) is 0.749. The van der Waals surface area contributed by atoms with Crippen LogP contribution in [0.5, 0.6) is 0 Å². The van der Waals surface area contributed by atoms with Gasteiger partial charge in [0.15, 0.2) is 15.5 Å². The molecule has 1 aromatic carbocycles. The maximum atomic E-state index is 11.8. The van der Waals surface area contributed by atoms with Crippen LogP contribution in [-0.4, -0.2) is 35.3 Å². The van der Waals surface area contributed by atoms with Crippen LogP contribution in [0.4, 0.5) is 5.69 Å². The summed E-state index contributed by atoms with van der Waals surface area (Å²) in [5, 5.41) is 11.6. The van der Waals surface area contributed by atoms with Crippen LogP contribution >= 0.6 is 0 Å². The van der Waals surface area contributed by atoms with Crippen LogP contribution in [0.2, 0.25) is 0 Å². The fourth-order valence-corrected chi connectivity index (χ4v) is 3.21. The summed E-state index contributed by atoms with van der Waals surface area (Å²) in [5.74, 6) is 0.998. The fourth-order valence-electron chi connectivity index (χ4n) is 2.33. The van der Waals surface area contributed by atoms with Gasteiger partial charge in [-0.25, -0.2) is 8.42 Å². The van der Waals surface area contributed by atoms with Gasteiger partial charge >= 0.3 is 0 Å². The monoisotopic (exact) mass is 330 g/mol. The highest BCUT2D eigenvalue weighted by atomic mass is 32.2. The minimum absolute atomic E-state index is 0.111. The maximum Gasteiger partial charge on any atom is 0.178 e. The van der Waals surface area contributed by atoms with Crippen molar-refractivity contribution in [3.63, 3.8) is 0 Å². The Morgan fingerprint density at radius 3 is 2.61 bits per heavy atom. The Kier molecular flexibility index (Phi) is 4.29. The molecule has 0 aliphatic carbocycles. The lowest BCUT2D eigenvalue weighted by atomic mass is 10.3. The molecule has 120 valence electrons. The molecule has 6 nitrogen and oxygen atoms in total. The van der Waals surface area contributed by atoms with E-state index in [-0.39, 0.29) is 5.75 Å². The van der Waals surface area contributed by atoms with E-state index in [1.807, 2.05) is 28.8 Å². The molecule has 1 N–H and O–H groups in total. The molecule has 0 saturated heterocycles. The SMILES string of the molecule is CCS(=O)(=O)c1ccc(NCCc2nnc3ccccn23)cc1. The van der Waals surface area contributed by atoms with Crippen molar-refractivity contribution in [2.45, 2.75) is 18.2 Å². The normalized spacial score (nSPS) is 11.7. The van der Waals surface area contributed by atoms with Gasteiger partial charge in [0, 0.05) is 24.8 Å². The Morgan fingerprint density at radius 2 is 1.87 bits per heavy atom. The third-order valence-electron chi connectivity index (χ3n) is 3.66. The number of hydrogen-bond acceptors (Lipinski definition) is 5. The zero-order valence-electron chi connectivity index (χ0n) is 12.8. The molecule has 3 rings (SSSR count). The molecule has 7 heteroatoms. The number of benzene rings is 1. The summed E-state index contributed by atoms with van der Waals surface area (Å²) in [6.07, 6.45) is 2.66. The van der Waals surface area contributed by atoms with Crippen molar-refractivity contribution in [2.24, 2.45) is 0 Å². The van der Waals surface area contributed by atoms with Crippen LogP contribution in [0, 0.1) is 0 Å². The van der Waals surface area contributed by atoms with Gasteiger partial charge < -0.3 is 5.32 Å². The van der Waals surface area contributed by atoms with E-state index in [0.717, 1.165) is 23.6 Å². The summed E-state index contributed by atoms with van der Waals surface area (Å²) >= 11 is 0. The Balaban J connectivity index is 1.63. The van der Waals surface area contributed by atoms with Crippen molar-refractivity contribution in [2.75, 3.05) is 17.6 Å². The molecule has 0 bridgehead atoms. The number of nitrogens with zero attached hydrogens (tertiary/aromatic N) is 3. The van der Waals surface area contributed by atoms with E-state index in [9.17, 15) is 8.42 Å². The molecule has 0 unspecified atom stereocenters. The number of hydrogen-bond donors (Lipinski definition) is 1. The standard InChI is InChI=1S/C16H18N4O2S/c1-2-23(21,22)14-8-6-13(7-9-14)17-11-10-16-19-18-15-5-3-4-12-20(15)16/h3-9,12,17H,2,10-11H2,1H3. The molecule has 0 amide bonds. The molecule has 0 spiro atoms. The van der Waals surface area contributed by atoms with Gasteiger partial charge in [-0.2, -0.15) is 0 Å². The van der Waals surface area contributed by atoms with Crippen LogP contribution in [-0.2, 0) is 16.3 Å². The molecular formula is C16H18N4O2S. The third-order valence-corrected chi connectivity index (χ3v) is 5.41. The second-order valence-corrected chi connectivity index (χ2v) is 7.43. The highest BCUT2D eigenvalue weighted by Crippen LogP contribution is 2.15. The zero-order valence-corrected chi connectivity index (χ0v) is 13.6. The van der Waals surface area contributed by atoms with Crippen molar-refractivity contribution in [3.8, 4) is 0 Å². The first-order valence-electron chi connectivity index (χ1n) is 7.45. The topological polar surface area (TPSA) is 76.4 Å². The Hall–Kier alpha value is -2.41. The summed E-state index contributed by atoms with van der Waals surface area (Å²) < 4.78 is 25.5. The molecule has 0 aliphatic rings. The number of pyridine rings is 1. The van der Waals surface area contributed by atoms with E-state index >= 15 is 0 Å². The van der Waals surface area contributed by atoms with Gasteiger partial charge in [0.1, 0.15) is 5.82 Å². The lowest BCUT2D eigenvalue weighted by Gasteiger charge is -2.07. The van der Waals surface area contributed by atoms with E-state index in [1.54, 1.807) is 31.2 Å². The van der Waals surface area contributed by atoms with E-state index in [1.165, 1.54) is 0 Å². The van der Waals surface area contributed by atoms with Gasteiger partial charge in [-0.05, 0) is 36.4 Å². The summed E-state index contributed by atoms with van der Waals surface area (Å²) in [4.78, 5) is 0.356. The first-order chi connectivity index (χ1) is 11.1. The fraction of sp³-hybridized carbons (Fsp3) is 0.250. The number of sulfone groups is 1. The summed E-state index contributed by atoms with van der Waals surface area (Å²) in [5.41, 5.74) is 1.71. The predicted molar refractivity (Wildman–Crippen MR) is 89.3 cm³/mol. The number of aromatic nitrogens is 3. The van der Waals surface area contributed by atoms with Crippen molar-refractivity contribution in [3.05, 3.63) is 54.5 Å². The van der Waals surface area contributed by atoms with E-state index in [4.69, 9.17) is 0 Å². The lowest BCUT2D eigenvalue weighted by Crippen LogP contribution is -2.08. The Morgan fingerprint density at radius 1 is 1.09 bits per heavy atom. The van der Waals surface area contributed by atoms with Gasteiger partial charge in [-0.3, -0.25) is 4.40 Å². The summed E-state index contributed by atoms with van der Waals surface area (Å²) in [7, 11) is -3.14. The third kappa shape index (κ3) is 3.34. The molecule has 3 aromatic rings. The van der Waals surface area contributed by atoms with Crippen molar-refractivity contribution >= 4 is 21.2 Å². The van der Waals surface area contributed by atoms with Crippen LogP contribution in [0.1, 0.15) is 12.7 Å². The second kappa shape index (κ2) is 6.37. The van der Waals surface area contributed by atoms with E-state index in [2.05, 4.69) is 15.5 Å². The predicted octanol–water partition coefficient (Wildman–Crippen LogP) is 2.18. The van der Waals surface area contributed by atoms with Gasteiger partial charge in [0.25, 0.3) is 0 Å². The first-order valence-corrected chi connectivity index (χ1v) is 9.11. The van der Waals surface area contributed by atoms with Crippen LogP contribution < -0.4 is 5.32 Å². The van der Waals surface area contributed by atoms with Crippen molar-refractivity contribution < 1.29 is 8.42 Å². The smallest absolute Gasteiger partial charge is 0.178 e. The minimum Gasteiger partial charge on any atom is -0.385 e. The zero-order chi connectivity index (χ0) is 16.3. The molecule has 2 aromatic heterocycles. The highest BCUT2D eigenvalue weighted by Gasteiger charge is 2.10. The number of fused-ring (bicyclic) bond motifs is 1. The maximum absolute atomic E-state index is 11.8. The average molecular weight is 330 g/mol. The van der Waals surface area contributed by atoms with Crippen LogP contribution in [0.3, 0.4) is 0 Å². The van der Waals surface area contributed by atoms with E-state index < -0.39 is 9.84 Å². The van der Waals surface area contributed by atoms with E-state index in [0.29, 0.717) is 11.4 Å². The number of rotatable bonds is 6. The summed E-state index contributed by atoms with van der Waals surface area (Å²) in [6.45, 7) is 2.33. The van der Waals surface area contributed by atoms with Gasteiger partial charge in [0.05, 0.1) is 10.6 Å². The summed E-state index contributed by atoms with van der Waals surface area (Å²) in [6, 6.07) is 12.6. The largest absolute Gasteiger partial charge is 0.385 e. The molecule has 0 radical (unpaired) electrons. The highest BCUT2D eigenvalue weighted by molar-refractivity contribution is 7.91. The molecule has 23 heavy (non-hydrogen) atoms. The van der Waals surface area contributed by atoms with Crippen LogP contribution in [0.15, 0.2) is 53.6 Å². The molecule has 0 fully saturated rings. The van der Waals surface area contributed by atoms with Crippen LogP contribution in [0.25, 0.3) is 5.65 Å².